The first kappa shape index (κ1) is 14.7. The summed E-state index contributed by atoms with van der Waals surface area (Å²) in [4.78, 5) is 23.8. The van der Waals surface area contributed by atoms with Gasteiger partial charge in [-0.15, -0.1) is 0 Å². The van der Waals surface area contributed by atoms with Gasteiger partial charge in [0.1, 0.15) is 5.57 Å². The van der Waals surface area contributed by atoms with Crippen LogP contribution in [0.1, 0.15) is 5.69 Å². The second kappa shape index (κ2) is 5.86. The van der Waals surface area contributed by atoms with E-state index in [0.717, 1.165) is 15.9 Å². The van der Waals surface area contributed by atoms with E-state index >= 15 is 0 Å². The van der Waals surface area contributed by atoms with E-state index < -0.39 is 11.8 Å². The van der Waals surface area contributed by atoms with Crippen molar-refractivity contribution in [1.82, 2.24) is 15.2 Å². The molecule has 3 rings (SSSR count). The fourth-order valence-electron chi connectivity index (χ4n) is 2.10. The maximum absolute atomic E-state index is 11.9. The van der Waals surface area contributed by atoms with E-state index in [1.165, 1.54) is 6.08 Å². The Bertz CT molecular complexity index is 786. The minimum absolute atomic E-state index is 0.0191. The lowest BCUT2D eigenvalue weighted by atomic mass is 10.1. The van der Waals surface area contributed by atoms with Gasteiger partial charge in [0.25, 0.3) is 11.8 Å². The first-order valence-corrected chi connectivity index (χ1v) is 7.56. The van der Waals surface area contributed by atoms with Gasteiger partial charge in [-0.2, -0.15) is 0 Å². The van der Waals surface area contributed by atoms with Crippen molar-refractivity contribution in [3.05, 3.63) is 58.3 Å². The normalized spacial score (nSPS) is 14.6. The van der Waals surface area contributed by atoms with Crippen molar-refractivity contribution in [2.24, 2.45) is 0 Å². The van der Waals surface area contributed by atoms with Crippen molar-refractivity contribution in [3.8, 4) is 5.69 Å². The molecule has 0 atom stereocenters. The van der Waals surface area contributed by atoms with Gasteiger partial charge in [0.15, 0.2) is 5.11 Å². The van der Waals surface area contributed by atoms with Crippen LogP contribution in [-0.4, -0.2) is 21.5 Å². The van der Waals surface area contributed by atoms with Crippen LogP contribution in [0, 0.1) is 0 Å². The number of halogens is 1. The molecule has 7 heteroatoms. The summed E-state index contributed by atoms with van der Waals surface area (Å²) in [5.41, 5.74) is 1.66. The predicted molar refractivity (Wildman–Crippen MR) is 90.3 cm³/mol. The van der Waals surface area contributed by atoms with E-state index in [-0.39, 0.29) is 10.7 Å². The van der Waals surface area contributed by atoms with Crippen LogP contribution in [0.2, 0.25) is 0 Å². The second-order valence-electron chi connectivity index (χ2n) is 4.57. The quantitative estimate of drug-likeness (QED) is 0.480. The Labute approximate surface area is 140 Å². The summed E-state index contributed by atoms with van der Waals surface area (Å²) in [6, 6.07) is 11.4. The van der Waals surface area contributed by atoms with Crippen LogP contribution in [0.25, 0.3) is 11.8 Å². The third-order valence-corrected chi connectivity index (χ3v) is 3.85. The number of amides is 2. The molecule has 2 aromatic rings. The second-order valence-corrected chi connectivity index (χ2v) is 5.90. The van der Waals surface area contributed by atoms with Gasteiger partial charge in [0.05, 0.1) is 0 Å². The molecule has 0 saturated carbocycles. The standard InChI is InChI=1S/C15H10BrN3O2S/c16-9-3-5-10(6-4-9)19-7-1-2-11(19)8-12-13(20)17-15(22)18-14(12)21/h1-8H,(H2,17,18,20,21,22). The topological polar surface area (TPSA) is 63.1 Å². The number of rotatable bonds is 2. The highest BCUT2D eigenvalue weighted by Gasteiger charge is 2.26. The number of benzene rings is 1. The molecule has 0 unspecified atom stereocenters. The molecule has 1 aliphatic rings. The molecule has 0 radical (unpaired) electrons. The van der Waals surface area contributed by atoms with Crippen molar-refractivity contribution in [1.29, 1.82) is 0 Å². The molecule has 2 amide bonds. The summed E-state index contributed by atoms with van der Waals surface area (Å²) in [5, 5.41) is 4.86. The van der Waals surface area contributed by atoms with Crippen LogP contribution < -0.4 is 10.6 Å². The van der Waals surface area contributed by atoms with Crippen LogP contribution in [-0.2, 0) is 9.59 Å². The summed E-state index contributed by atoms with van der Waals surface area (Å²) in [7, 11) is 0. The molecule has 22 heavy (non-hydrogen) atoms. The van der Waals surface area contributed by atoms with Crippen LogP contribution in [0.5, 0.6) is 0 Å². The number of hydrogen-bond donors (Lipinski definition) is 2. The number of nitrogens with zero attached hydrogens (tertiary/aromatic N) is 1. The zero-order valence-corrected chi connectivity index (χ0v) is 13.6. The third kappa shape index (κ3) is 2.86. The summed E-state index contributed by atoms with van der Waals surface area (Å²) in [5.74, 6) is -1.00. The summed E-state index contributed by atoms with van der Waals surface area (Å²) in [6.45, 7) is 0. The van der Waals surface area contributed by atoms with E-state index in [1.54, 1.807) is 0 Å². The molecule has 0 spiro atoms. The van der Waals surface area contributed by atoms with Gasteiger partial charge in [0.2, 0.25) is 0 Å². The number of carbonyl (C=O) groups excluding carboxylic acids is 2. The molecule has 2 heterocycles. The van der Waals surface area contributed by atoms with Gasteiger partial charge in [-0.1, -0.05) is 15.9 Å². The van der Waals surface area contributed by atoms with E-state index in [9.17, 15) is 9.59 Å². The summed E-state index contributed by atoms with van der Waals surface area (Å²) >= 11 is 8.16. The van der Waals surface area contributed by atoms with Gasteiger partial charge in [0, 0.05) is 22.1 Å². The molecule has 1 aromatic carbocycles. The molecule has 1 fully saturated rings. The van der Waals surface area contributed by atoms with Crippen molar-refractivity contribution < 1.29 is 9.59 Å². The van der Waals surface area contributed by atoms with Crippen LogP contribution in [0.15, 0.2) is 52.6 Å². The van der Waals surface area contributed by atoms with E-state index in [4.69, 9.17) is 12.2 Å². The van der Waals surface area contributed by atoms with Crippen molar-refractivity contribution in [2.45, 2.75) is 0 Å². The maximum atomic E-state index is 11.9. The molecule has 0 aliphatic carbocycles. The SMILES string of the molecule is O=C1NC(=S)NC(=O)C1=Cc1cccn1-c1ccc(Br)cc1. The number of hydrogen-bond acceptors (Lipinski definition) is 3. The highest BCUT2D eigenvalue weighted by molar-refractivity contribution is 9.10. The van der Waals surface area contributed by atoms with Crippen LogP contribution in [0.4, 0.5) is 0 Å². The number of thiocarbonyl (C=S) groups is 1. The molecule has 1 aliphatic heterocycles. The Hall–Kier alpha value is -2.25. The van der Waals surface area contributed by atoms with Gasteiger partial charge in [-0.3, -0.25) is 20.2 Å². The average molecular weight is 376 g/mol. The summed E-state index contributed by atoms with van der Waals surface area (Å²) < 4.78 is 2.86. The minimum atomic E-state index is -0.502. The Morgan fingerprint density at radius 2 is 1.68 bits per heavy atom. The number of aromatic nitrogens is 1. The van der Waals surface area contributed by atoms with E-state index in [0.29, 0.717) is 0 Å². The Balaban J connectivity index is 2.00. The predicted octanol–water partition coefficient (Wildman–Crippen LogP) is 2.15. The van der Waals surface area contributed by atoms with Crippen molar-refractivity contribution in [2.75, 3.05) is 0 Å². The van der Waals surface area contributed by atoms with Crippen molar-refractivity contribution >= 4 is 51.2 Å². The van der Waals surface area contributed by atoms with Crippen LogP contribution >= 0.6 is 28.1 Å². The Kier molecular flexibility index (Phi) is 3.91. The molecule has 5 nitrogen and oxygen atoms in total. The smallest absolute Gasteiger partial charge is 0.263 e. The number of nitrogens with one attached hydrogen (secondary N) is 2. The Morgan fingerprint density at radius 3 is 2.32 bits per heavy atom. The van der Waals surface area contributed by atoms with Gasteiger partial charge < -0.3 is 4.57 Å². The highest BCUT2D eigenvalue weighted by Crippen LogP contribution is 2.19. The summed E-state index contributed by atoms with van der Waals surface area (Å²) in [6.07, 6.45) is 3.40. The fourth-order valence-corrected chi connectivity index (χ4v) is 2.55. The molecule has 2 N–H and O–H groups in total. The lowest BCUT2D eigenvalue weighted by molar-refractivity contribution is -0.123. The first-order chi connectivity index (χ1) is 10.5. The zero-order chi connectivity index (χ0) is 15.7. The monoisotopic (exact) mass is 375 g/mol. The average Bonchev–Trinajstić information content (AvgIpc) is 2.92. The lowest BCUT2D eigenvalue weighted by Gasteiger charge is -2.16. The van der Waals surface area contributed by atoms with Gasteiger partial charge in [-0.05, 0) is 54.7 Å². The third-order valence-electron chi connectivity index (χ3n) is 3.12. The van der Waals surface area contributed by atoms with E-state index in [1.807, 2.05) is 47.2 Å². The molecular formula is C15H10BrN3O2S. The molecule has 110 valence electrons. The lowest BCUT2D eigenvalue weighted by Crippen LogP contribution is -2.51. The van der Waals surface area contributed by atoms with Crippen molar-refractivity contribution in [3.63, 3.8) is 0 Å². The largest absolute Gasteiger partial charge is 0.317 e. The first-order valence-electron chi connectivity index (χ1n) is 6.36. The molecule has 1 aromatic heterocycles. The van der Waals surface area contributed by atoms with Gasteiger partial charge in [-0.25, -0.2) is 0 Å². The fraction of sp³-hybridized carbons (Fsp3) is 0. The minimum Gasteiger partial charge on any atom is -0.317 e. The Morgan fingerprint density at radius 1 is 1.05 bits per heavy atom. The molecule has 0 bridgehead atoms. The van der Waals surface area contributed by atoms with Crippen LogP contribution in [0.3, 0.4) is 0 Å². The zero-order valence-electron chi connectivity index (χ0n) is 11.2. The molecule has 1 saturated heterocycles. The maximum Gasteiger partial charge on any atom is 0.263 e. The highest BCUT2D eigenvalue weighted by atomic mass is 79.9. The van der Waals surface area contributed by atoms with Gasteiger partial charge >= 0.3 is 0 Å². The molecular weight excluding hydrogens is 366 g/mol. The van der Waals surface area contributed by atoms with E-state index in [2.05, 4.69) is 26.6 Å². The number of carbonyl (C=O) groups is 2.